The highest BCUT2D eigenvalue weighted by atomic mass is 16.5. The number of alkyl carbamates (subject to hydrolysis) is 1. The number of aliphatic hydroxyl groups excluding tert-OH is 1. The zero-order valence-corrected chi connectivity index (χ0v) is 17.1. The minimum absolute atomic E-state index is 0.0389. The second-order valence-electron chi connectivity index (χ2n) is 7.22. The summed E-state index contributed by atoms with van der Waals surface area (Å²) in [6.45, 7) is -0.106. The number of aliphatic hydroxyl groups is 1. The van der Waals surface area contributed by atoms with Gasteiger partial charge in [0, 0.05) is 6.54 Å². The summed E-state index contributed by atoms with van der Waals surface area (Å²) in [6.07, 6.45) is 0.280. The topological polar surface area (TPSA) is 105 Å². The van der Waals surface area contributed by atoms with Gasteiger partial charge in [-0.25, -0.2) is 9.59 Å². The molecule has 0 radical (unpaired) electrons. The number of hydrogen-bond acceptors (Lipinski definition) is 6. The van der Waals surface area contributed by atoms with E-state index in [0.717, 1.165) is 11.1 Å². The molecule has 164 valence electrons. The lowest BCUT2D eigenvalue weighted by Crippen LogP contribution is -2.53. The second-order valence-corrected chi connectivity index (χ2v) is 7.22. The van der Waals surface area contributed by atoms with Crippen molar-refractivity contribution in [1.82, 2.24) is 10.2 Å². The number of likely N-dealkylation sites (tertiary alicyclic amines) is 1. The minimum Gasteiger partial charge on any atom is -0.459 e. The van der Waals surface area contributed by atoms with Crippen molar-refractivity contribution in [2.75, 3.05) is 13.2 Å². The summed E-state index contributed by atoms with van der Waals surface area (Å²) in [7, 11) is 0. The average molecular weight is 426 g/mol. The highest BCUT2D eigenvalue weighted by Crippen LogP contribution is 2.20. The molecule has 1 heterocycles. The van der Waals surface area contributed by atoms with E-state index < -0.39 is 36.7 Å². The van der Waals surface area contributed by atoms with Crippen LogP contribution in [0.4, 0.5) is 4.79 Å². The molecule has 1 saturated heterocycles. The van der Waals surface area contributed by atoms with E-state index in [1.807, 2.05) is 48.5 Å². The fraction of sp³-hybridized carbons (Fsp3) is 0.348. The van der Waals surface area contributed by atoms with Crippen LogP contribution in [0.1, 0.15) is 24.0 Å². The molecule has 1 aliphatic heterocycles. The predicted molar refractivity (Wildman–Crippen MR) is 112 cm³/mol. The van der Waals surface area contributed by atoms with Gasteiger partial charge in [-0.1, -0.05) is 60.7 Å². The van der Waals surface area contributed by atoms with Gasteiger partial charge in [-0.15, -0.1) is 0 Å². The van der Waals surface area contributed by atoms with Crippen molar-refractivity contribution in [3.8, 4) is 0 Å². The lowest BCUT2D eigenvalue weighted by Gasteiger charge is -2.27. The third-order valence-electron chi connectivity index (χ3n) is 5.02. The number of rotatable bonds is 8. The highest BCUT2D eigenvalue weighted by Gasteiger charge is 2.38. The molecule has 2 amide bonds. The van der Waals surface area contributed by atoms with Crippen molar-refractivity contribution in [2.45, 2.75) is 38.1 Å². The molecule has 31 heavy (non-hydrogen) atoms. The molecule has 0 aliphatic carbocycles. The van der Waals surface area contributed by atoms with Gasteiger partial charge in [0.25, 0.3) is 0 Å². The minimum atomic E-state index is -1.20. The van der Waals surface area contributed by atoms with Crippen molar-refractivity contribution < 1.29 is 29.0 Å². The number of nitrogens with zero attached hydrogens (tertiary/aromatic N) is 1. The van der Waals surface area contributed by atoms with Crippen LogP contribution in [0.15, 0.2) is 60.7 Å². The monoisotopic (exact) mass is 426 g/mol. The van der Waals surface area contributed by atoms with Crippen LogP contribution >= 0.6 is 0 Å². The molecule has 1 aliphatic rings. The summed E-state index contributed by atoms with van der Waals surface area (Å²) < 4.78 is 10.5. The van der Waals surface area contributed by atoms with Gasteiger partial charge in [0.15, 0.2) is 0 Å². The molecule has 1 fully saturated rings. The lowest BCUT2D eigenvalue weighted by molar-refractivity contribution is -0.155. The van der Waals surface area contributed by atoms with E-state index in [1.54, 1.807) is 12.1 Å². The number of amides is 2. The lowest BCUT2D eigenvalue weighted by atomic mass is 10.2. The molecule has 2 aromatic carbocycles. The smallest absolute Gasteiger partial charge is 0.408 e. The summed E-state index contributed by atoms with van der Waals surface area (Å²) in [4.78, 5) is 38.8. The molecule has 0 saturated carbocycles. The Bertz CT molecular complexity index is 874. The van der Waals surface area contributed by atoms with Crippen molar-refractivity contribution in [3.05, 3.63) is 71.8 Å². The normalized spacial score (nSPS) is 16.4. The van der Waals surface area contributed by atoms with Gasteiger partial charge in [-0.2, -0.15) is 0 Å². The third kappa shape index (κ3) is 6.29. The van der Waals surface area contributed by atoms with Crippen molar-refractivity contribution in [3.63, 3.8) is 0 Å². The number of carbonyl (C=O) groups excluding carboxylic acids is 3. The molecule has 2 N–H and O–H groups in total. The van der Waals surface area contributed by atoms with Gasteiger partial charge >= 0.3 is 12.1 Å². The van der Waals surface area contributed by atoms with Crippen LogP contribution in [0.25, 0.3) is 0 Å². The Labute approximate surface area is 180 Å². The first-order chi connectivity index (χ1) is 15.1. The number of benzene rings is 2. The van der Waals surface area contributed by atoms with Crippen molar-refractivity contribution in [1.29, 1.82) is 0 Å². The van der Waals surface area contributed by atoms with Crippen molar-refractivity contribution in [2.24, 2.45) is 0 Å². The molecule has 0 spiro atoms. The number of ether oxygens (including phenoxy) is 2. The molecular formula is C23H26N2O6. The first-order valence-electron chi connectivity index (χ1n) is 10.2. The van der Waals surface area contributed by atoms with E-state index in [0.29, 0.717) is 19.4 Å². The quantitative estimate of drug-likeness (QED) is 0.626. The summed E-state index contributed by atoms with van der Waals surface area (Å²) in [5, 5.41) is 12.0. The molecule has 0 aromatic heterocycles. The summed E-state index contributed by atoms with van der Waals surface area (Å²) in [5.74, 6) is -1.05. The Kier molecular flexibility index (Phi) is 8.00. The molecule has 2 aromatic rings. The van der Waals surface area contributed by atoms with E-state index in [-0.39, 0.29) is 13.2 Å². The average Bonchev–Trinajstić information content (AvgIpc) is 3.30. The number of nitrogens with one attached hydrogen (secondary N) is 1. The molecule has 8 nitrogen and oxygen atoms in total. The summed E-state index contributed by atoms with van der Waals surface area (Å²) >= 11 is 0. The largest absolute Gasteiger partial charge is 0.459 e. The summed E-state index contributed by atoms with van der Waals surface area (Å²) in [6, 6.07) is 16.4. The Morgan fingerprint density at radius 2 is 1.55 bits per heavy atom. The van der Waals surface area contributed by atoms with E-state index in [1.165, 1.54) is 4.90 Å². The van der Waals surface area contributed by atoms with Gasteiger partial charge in [0.1, 0.15) is 25.3 Å². The van der Waals surface area contributed by atoms with E-state index in [4.69, 9.17) is 9.47 Å². The number of hydrogen-bond donors (Lipinski definition) is 2. The predicted octanol–water partition coefficient (Wildman–Crippen LogP) is 2.01. The van der Waals surface area contributed by atoms with E-state index >= 15 is 0 Å². The maximum absolute atomic E-state index is 12.9. The van der Waals surface area contributed by atoms with Crippen LogP contribution in [0.2, 0.25) is 0 Å². The van der Waals surface area contributed by atoms with E-state index in [9.17, 15) is 19.5 Å². The van der Waals surface area contributed by atoms with Crippen molar-refractivity contribution >= 4 is 18.0 Å². The Morgan fingerprint density at radius 1 is 0.968 bits per heavy atom. The van der Waals surface area contributed by atoms with Crippen LogP contribution in [0.5, 0.6) is 0 Å². The van der Waals surface area contributed by atoms with Gasteiger partial charge in [0.05, 0.1) is 6.61 Å². The van der Waals surface area contributed by atoms with E-state index in [2.05, 4.69) is 5.32 Å². The van der Waals surface area contributed by atoms with Crippen LogP contribution in [-0.4, -0.2) is 53.2 Å². The Balaban J connectivity index is 1.53. The zero-order chi connectivity index (χ0) is 22.1. The van der Waals surface area contributed by atoms with Crippen LogP contribution in [-0.2, 0) is 32.3 Å². The fourth-order valence-corrected chi connectivity index (χ4v) is 3.39. The first kappa shape index (κ1) is 22.3. The molecule has 2 atom stereocenters. The van der Waals surface area contributed by atoms with Crippen LogP contribution in [0.3, 0.4) is 0 Å². The maximum atomic E-state index is 12.9. The standard InChI is InChI=1S/C23H26N2O6/c26-14-19(24-23(29)31-16-18-10-5-2-6-11-18)21(27)25-13-7-12-20(25)22(28)30-15-17-8-3-1-4-9-17/h1-6,8-11,19-20,26H,7,12-16H2,(H,24,29)/t19-,20+/m0/s1. The van der Waals surface area contributed by atoms with Gasteiger partial charge < -0.3 is 24.8 Å². The second kappa shape index (κ2) is 11.1. The zero-order valence-electron chi connectivity index (χ0n) is 17.1. The maximum Gasteiger partial charge on any atom is 0.408 e. The van der Waals surface area contributed by atoms with Gasteiger partial charge in [0.2, 0.25) is 5.91 Å². The molecule has 0 bridgehead atoms. The molecule has 0 unspecified atom stereocenters. The third-order valence-corrected chi connectivity index (χ3v) is 5.02. The summed E-state index contributed by atoms with van der Waals surface area (Å²) in [5.41, 5.74) is 1.65. The van der Waals surface area contributed by atoms with Crippen LogP contribution < -0.4 is 5.32 Å². The van der Waals surface area contributed by atoms with Crippen LogP contribution in [0, 0.1) is 0 Å². The number of esters is 1. The SMILES string of the molecule is O=C(N[C@@H](CO)C(=O)N1CCC[C@@H]1C(=O)OCc1ccccc1)OCc1ccccc1. The molecule has 3 rings (SSSR count). The fourth-order valence-electron chi connectivity index (χ4n) is 3.39. The Hall–Kier alpha value is -3.39. The Morgan fingerprint density at radius 3 is 2.13 bits per heavy atom. The van der Waals surface area contributed by atoms with Gasteiger partial charge in [-0.3, -0.25) is 4.79 Å². The van der Waals surface area contributed by atoms with Gasteiger partial charge in [-0.05, 0) is 24.0 Å². The first-order valence-corrected chi connectivity index (χ1v) is 10.2. The highest BCUT2D eigenvalue weighted by molar-refractivity contribution is 5.90. The number of carbonyl (C=O) groups is 3. The molecular weight excluding hydrogens is 400 g/mol. The molecule has 8 heteroatoms.